The van der Waals surface area contributed by atoms with Crippen molar-refractivity contribution in [2.45, 2.75) is 446 Å². The van der Waals surface area contributed by atoms with Crippen LogP contribution < -0.4 is 5.32 Å². The minimum atomic E-state index is -1.98. The Hall–Kier alpha value is -2.77. The van der Waals surface area contributed by atoms with Crippen molar-refractivity contribution >= 4 is 5.91 Å². The van der Waals surface area contributed by atoms with Crippen LogP contribution >= 0.6 is 0 Å². The zero-order valence-corrected chi connectivity index (χ0v) is 66.4. The Morgan fingerprint density at radius 3 is 1.06 bits per heavy atom. The molecule has 3 aliphatic heterocycles. The van der Waals surface area contributed by atoms with Gasteiger partial charge in [-0.15, -0.1) is 0 Å². The minimum absolute atomic E-state index is 0.238. The molecule has 3 heterocycles. The molecular formula is C87H157NO18. The molecule has 12 N–H and O–H groups in total. The molecule has 0 bridgehead atoms. The van der Waals surface area contributed by atoms with E-state index < -0.39 is 124 Å². The van der Waals surface area contributed by atoms with E-state index in [1.54, 1.807) is 6.08 Å². The summed E-state index contributed by atoms with van der Waals surface area (Å²) < 4.78 is 34.5. The van der Waals surface area contributed by atoms with E-state index in [-0.39, 0.29) is 18.9 Å². The lowest BCUT2D eigenvalue weighted by atomic mass is 9.96. The molecule has 0 aromatic heterocycles. The van der Waals surface area contributed by atoms with Gasteiger partial charge in [-0.1, -0.05) is 337 Å². The van der Waals surface area contributed by atoms with Crippen molar-refractivity contribution < 1.29 is 89.4 Å². The van der Waals surface area contributed by atoms with Crippen LogP contribution in [0.5, 0.6) is 0 Å². The first kappa shape index (κ1) is 97.4. The van der Waals surface area contributed by atoms with Crippen molar-refractivity contribution in [3.8, 4) is 0 Å². The Balaban J connectivity index is 1.29. The summed E-state index contributed by atoms with van der Waals surface area (Å²) in [5.41, 5.74) is 0. The normalized spacial score (nSPS) is 26.0. The first-order chi connectivity index (χ1) is 51.8. The Morgan fingerprint density at radius 2 is 0.660 bits per heavy atom. The van der Waals surface area contributed by atoms with E-state index in [1.807, 2.05) is 6.08 Å². The van der Waals surface area contributed by atoms with Crippen molar-refractivity contribution in [1.82, 2.24) is 5.32 Å². The van der Waals surface area contributed by atoms with Crippen LogP contribution in [0.3, 0.4) is 0 Å². The minimum Gasteiger partial charge on any atom is -0.394 e. The average Bonchev–Trinajstić information content (AvgIpc) is 0.780. The van der Waals surface area contributed by atoms with Crippen LogP contribution in [0.4, 0.5) is 0 Å². The first-order valence-corrected chi connectivity index (χ1v) is 43.2. The number of rotatable bonds is 69. The van der Waals surface area contributed by atoms with Gasteiger partial charge in [0.2, 0.25) is 5.91 Å². The number of nitrogens with one attached hydrogen (secondary N) is 1. The van der Waals surface area contributed by atoms with Crippen LogP contribution in [0.2, 0.25) is 0 Å². The van der Waals surface area contributed by atoms with Gasteiger partial charge in [0.05, 0.1) is 38.6 Å². The molecule has 17 atom stereocenters. The number of carbonyl (C=O) groups is 1. The quantitative estimate of drug-likeness (QED) is 0.0199. The highest BCUT2D eigenvalue weighted by molar-refractivity contribution is 5.76. The van der Waals surface area contributed by atoms with Gasteiger partial charge in [0.25, 0.3) is 0 Å². The van der Waals surface area contributed by atoms with Crippen molar-refractivity contribution in [3.05, 3.63) is 72.9 Å². The lowest BCUT2D eigenvalue weighted by Crippen LogP contribution is -2.66. The van der Waals surface area contributed by atoms with Gasteiger partial charge >= 0.3 is 0 Å². The second kappa shape index (κ2) is 66.8. The van der Waals surface area contributed by atoms with E-state index in [0.29, 0.717) is 12.8 Å². The van der Waals surface area contributed by atoms with E-state index in [4.69, 9.17) is 28.4 Å². The molecule has 19 heteroatoms. The van der Waals surface area contributed by atoms with Gasteiger partial charge in [-0.2, -0.15) is 0 Å². The Bertz CT molecular complexity index is 2190. The van der Waals surface area contributed by atoms with Crippen molar-refractivity contribution in [2.24, 2.45) is 0 Å². The topological polar surface area (TPSA) is 307 Å². The Morgan fingerprint density at radius 1 is 0.349 bits per heavy atom. The fraction of sp³-hybridized carbons (Fsp3) is 0.851. The van der Waals surface area contributed by atoms with E-state index in [0.717, 1.165) is 64.2 Å². The highest BCUT2D eigenvalue weighted by atomic mass is 16.8. The molecule has 106 heavy (non-hydrogen) atoms. The second-order valence-corrected chi connectivity index (χ2v) is 30.6. The van der Waals surface area contributed by atoms with Crippen LogP contribution in [0.25, 0.3) is 0 Å². The van der Waals surface area contributed by atoms with E-state index in [9.17, 15) is 61.0 Å². The standard InChI is InChI=1S/C87H157NO18/c1-3-5-7-9-11-13-15-17-19-21-23-25-26-27-28-29-30-31-32-33-34-35-36-37-38-39-40-41-42-43-44-45-47-49-51-53-55-57-59-61-63-65-75(93)88-70(71(92)64-62-60-58-56-54-52-50-48-46-24-22-20-18-16-14-12-10-8-6-4-2)69-101-85-81(99)78(96)83(73(67-90)103-85)106-87-82(100)79(97)84(74(68-91)104-87)105-86-80(98)77(95)76(94)72(66-89)102-86/h5,7,11,13,17,19,23,25,54,56,62,64,70-74,76-87,89-92,94-100H,3-4,6,8-10,12,14-16,18,20-22,24,26-53,55,57-61,63,65-69H2,1-2H3,(H,88,93)/b7-5-,13-11-,19-17-,25-23-,56-54+,64-62+. The summed E-state index contributed by atoms with van der Waals surface area (Å²) in [5, 5.41) is 121. The molecule has 3 saturated heterocycles. The maximum absolute atomic E-state index is 13.5. The fourth-order valence-electron chi connectivity index (χ4n) is 14.4. The van der Waals surface area contributed by atoms with E-state index >= 15 is 0 Å². The molecule has 0 aromatic rings. The molecule has 1 amide bonds. The van der Waals surface area contributed by atoms with Crippen LogP contribution in [0, 0.1) is 0 Å². The van der Waals surface area contributed by atoms with Gasteiger partial charge in [0, 0.05) is 6.42 Å². The number of amides is 1. The Kier molecular flexibility index (Phi) is 61.4. The molecule has 3 fully saturated rings. The summed E-state index contributed by atoms with van der Waals surface area (Å²) >= 11 is 0. The number of aliphatic hydroxyl groups excluding tert-OH is 11. The first-order valence-electron chi connectivity index (χ1n) is 43.2. The highest BCUT2D eigenvalue weighted by Gasteiger charge is 2.54. The molecule has 17 unspecified atom stereocenters. The zero-order valence-electron chi connectivity index (χ0n) is 66.4. The third kappa shape index (κ3) is 45.7. The fourth-order valence-corrected chi connectivity index (χ4v) is 14.4. The molecule has 19 nitrogen and oxygen atoms in total. The third-order valence-corrected chi connectivity index (χ3v) is 21.2. The summed E-state index contributed by atoms with van der Waals surface area (Å²) in [6.45, 7) is 1.64. The summed E-state index contributed by atoms with van der Waals surface area (Å²) in [5.74, 6) is -0.280. The number of hydrogen-bond acceptors (Lipinski definition) is 18. The van der Waals surface area contributed by atoms with E-state index in [2.05, 4.69) is 79.9 Å². The predicted octanol–water partition coefficient (Wildman–Crippen LogP) is 15.6. The molecule has 3 aliphatic rings. The number of aliphatic hydroxyl groups is 11. The molecule has 0 saturated carbocycles. The van der Waals surface area contributed by atoms with E-state index in [1.165, 1.54) is 244 Å². The summed E-state index contributed by atoms with van der Waals surface area (Å²) in [6, 6.07) is -0.991. The van der Waals surface area contributed by atoms with Crippen LogP contribution in [-0.4, -0.2) is 193 Å². The summed E-state index contributed by atoms with van der Waals surface area (Å²) in [6.07, 6.45) is 62.1. The molecular weight excluding hydrogens is 1350 g/mol. The number of unbranched alkanes of at least 4 members (excludes halogenated alkanes) is 43. The van der Waals surface area contributed by atoms with Crippen molar-refractivity contribution in [1.29, 1.82) is 0 Å². The summed E-state index contributed by atoms with van der Waals surface area (Å²) in [4.78, 5) is 13.5. The van der Waals surface area contributed by atoms with Crippen molar-refractivity contribution in [3.63, 3.8) is 0 Å². The maximum Gasteiger partial charge on any atom is 0.220 e. The third-order valence-electron chi connectivity index (χ3n) is 21.2. The molecule has 0 radical (unpaired) electrons. The van der Waals surface area contributed by atoms with Gasteiger partial charge in [0.15, 0.2) is 18.9 Å². The maximum atomic E-state index is 13.5. The molecule has 3 rings (SSSR count). The van der Waals surface area contributed by atoms with Crippen LogP contribution in [0.15, 0.2) is 72.9 Å². The largest absolute Gasteiger partial charge is 0.394 e. The van der Waals surface area contributed by atoms with Crippen LogP contribution in [0.1, 0.15) is 341 Å². The SMILES string of the molecule is CC/C=C\C/C=C\C/C=C\C/C=C\CCCCCCCCCCCCCCCCCCCCCCCCCCCCCCC(=O)NC(COC1OC(CO)C(OC2OC(CO)C(OC3OC(CO)C(O)C(O)C3O)C(O)C2O)C(O)C1O)C(O)/C=C/CC/C=C/CCCCCCCCCCCCCCCC. The zero-order chi connectivity index (χ0) is 76.7. The number of ether oxygens (including phenoxy) is 6. The molecule has 618 valence electrons. The monoisotopic (exact) mass is 1500 g/mol. The average molecular weight is 1510 g/mol. The van der Waals surface area contributed by atoms with Gasteiger partial charge in [-0.25, -0.2) is 0 Å². The van der Waals surface area contributed by atoms with Gasteiger partial charge in [-0.05, 0) is 70.6 Å². The van der Waals surface area contributed by atoms with Crippen molar-refractivity contribution in [2.75, 3.05) is 26.4 Å². The Labute approximate surface area is 642 Å². The summed E-state index contributed by atoms with van der Waals surface area (Å²) in [7, 11) is 0. The van der Waals surface area contributed by atoms with Gasteiger partial charge < -0.3 is 89.9 Å². The molecule has 0 aliphatic carbocycles. The highest BCUT2D eigenvalue weighted by Crippen LogP contribution is 2.33. The molecule has 0 spiro atoms. The second-order valence-electron chi connectivity index (χ2n) is 30.6. The molecule has 0 aromatic carbocycles. The lowest BCUT2D eigenvalue weighted by molar-refractivity contribution is -0.379. The number of carbonyl (C=O) groups excluding carboxylic acids is 1. The number of hydrogen-bond donors (Lipinski definition) is 12. The predicted molar refractivity (Wildman–Crippen MR) is 425 cm³/mol. The van der Waals surface area contributed by atoms with Gasteiger partial charge in [-0.3, -0.25) is 4.79 Å². The number of allylic oxidation sites excluding steroid dienone is 11. The van der Waals surface area contributed by atoms with Gasteiger partial charge in [0.1, 0.15) is 73.2 Å². The van der Waals surface area contributed by atoms with Crippen LogP contribution in [-0.2, 0) is 33.2 Å². The lowest BCUT2D eigenvalue weighted by Gasteiger charge is -2.48. The smallest absolute Gasteiger partial charge is 0.220 e.